The molecule has 0 spiro atoms. The van der Waals surface area contributed by atoms with E-state index in [4.69, 9.17) is 5.73 Å². The number of carbonyl (C=O) groups excluding carboxylic acids is 1. The molecule has 1 aromatic carbocycles. The van der Waals surface area contributed by atoms with E-state index in [0.29, 0.717) is 6.07 Å². The minimum Gasteiger partial charge on any atom is -0.468 e. The molecule has 2 N–H and O–H groups in total. The fourth-order valence-electron chi connectivity index (χ4n) is 1.53. The number of hydrogen-bond donors (Lipinski definition) is 1. The van der Waals surface area contributed by atoms with Gasteiger partial charge in [0, 0.05) is 0 Å². The summed E-state index contributed by atoms with van der Waals surface area (Å²) in [6.45, 7) is 0. The Morgan fingerprint density at radius 3 is 2.56 bits per heavy atom. The van der Waals surface area contributed by atoms with Gasteiger partial charge in [-0.05, 0) is 18.1 Å². The van der Waals surface area contributed by atoms with Gasteiger partial charge in [0.15, 0.2) is 0 Å². The summed E-state index contributed by atoms with van der Waals surface area (Å²) < 4.78 is 55.4. The number of rotatable bonds is 3. The first kappa shape index (κ1) is 14.4. The predicted octanol–water partition coefficient (Wildman–Crippen LogP) is 1.89. The summed E-state index contributed by atoms with van der Waals surface area (Å²) >= 11 is 0. The van der Waals surface area contributed by atoms with Gasteiger partial charge in [0.2, 0.25) is 0 Å². The van der Waals surface area contributed by atoms with Crippen molar-refractivity contribution in [3.63, 3.8) is 0 Å². The summed E-state index contributed by atoms with van der Waals surface area (Å²) in [5.41, 5.74) is 3.58. The van der Waals surface area contributed by atoms with Crippen LogP contribution in [0.4, 0.5) is 17.6 Å². The first-order chi connectivity index (χ1) is 8.27. The van der Waals surface area contributed by atoms with Crippen LogP contribution < -0.4 is 5.73 Å². The average molecular weight is 265 g/mol. The van der Waals surface area contributed by atoms with Crippen molar-refractivity contribution in [3.8, 4) is 0 Å². The van der Waals surface area contributed by atoms with E-state index < -0.39 is 36.0 Å². The highest BCUT2D eigenvalue weighted by atomic mass is 19.4. The lowest BCUT2D eigenvalue weighted by Crippen LogP contribution is -2.34. The third kappa shape index (κ3) is 3.19. The van der Waals surface area contributed by atoms with Crippen molar-refractivity contribution >= 4 is 5.97 Å². The second-order valence-electron chi connectivity index (χ2n) is 3.61. The van der Waals surface area contributed by atoms with Crippen molar-refractivity contribution in [2.24, 2.45) is 5.73 Å². The molecular weight excluding hydrogens is 254 g/mol. The Labute approximate surface area is 101 Å². The topological polar surface area (TPSA) is 52.3 Å². The van der Waals surface area contributed by atoms with E-state index in [1.54, 1.807) is 0 Å². The molecule has 0 aliphatic heterocycles. The van der Waals surface area contributed by atoms with E-state index in [0.717, 1.165) is 19.2 Å². The number of hydrogen-bond acceptors (Lipinski definition) is 3. The van der Waals surface area contributed by atoms with Gasteiger partial charge in [-0.15, -0.1) is 0 Å². The Balaban J connectivity index is 3.10. The Morgan fingerprint density at radius 1 is 1.44 bits per heavy atom. The van der Waals surface area contributed by atoms with Gasteiger partial charge in [0.25, 0.3) is 0 Å². The maximum atomic E-state index is 13.2. The van der Waals surface area contributed by atoms with Gasteiger partial charge in [-0.2, -0.15) is 13.2 Å². The maximum absolute atomic E-state index is 13.2. The fraction of sp³-hybridized carbons (Fsp3) is 0.364. The molecule has 1 atom stereocenters. The van der Waals surface area contributed by atoms with Crippen LogP contribution >= 0.6 is 0 Å². The van der Waals surface area contributed by atoms with E-state index in [1.807, 2.05) is 0 Å². The zero-order valence-electron chi connectivity index (χ0n) is 9.42. The molecule has 0 bridgehead atoms. The number of halogens is 4. The molecule has 18 heavy (non-hydrogen) atoms. The van der Waals surface area contributed by atoms with Crippen LogP contribution in [0.5, 0.6) is 0 Å². The molecule has 0 heterocycles. The number of alkyl halides is 3. The lowest BCUT2D eigenvalue weighted by molar-refractivity contribution is -0.144. The number of ether oxygens (including phenoxy) is 1. The maximum Gasteiger partial charge on any atom is 0.419 e. The number of nitrogens with two attached hydrogens (primary N) is 1. The van der Waals surface area contributed by atoms with Gasteiger partial charge in [-0.1, -0.05) is 12.1 Å². The number of methoxy groups -OCH3 is 1. The van der Waals surface area contributed by atoms with E-state index in [1.165, 1.54) is 0 Å². The van der Waals surface area contributed by atoms with Crippen molar-refractivity contribution < 1.29 is 27.1 Å². The van der Waals surface area contributed by atoms with Gasteiger partial charge in [-0.3, -0.25) is 4.79 Å². The largest absolute Gasteiger partial charge is 0.468 e. The Kier molecular flexibility index (Phi) is 4.28. The first-order valence-electron chi connectivity index (χ1n) is 4.95. The highest BCUT2D eigenvalue weighted by molar-refractivity contribution is 5.75. The molecule has 0 radical (unpaired) electrons. The average Bonchev–Trinajstić information content (AvgIpc) is 2.26. The number of esters is 1. The van der Waals surface area contributed by atoms with Crippen LogP contribution in [0.2, 0.25) is 0 Å². The molecule has 0 aromatic heterocycles. The molecule has 100 valence electrons. The molecule has 0 fully saturated rings. The standard InChI is InChI=1S/C11H11F4NO2/c1-18-10(17)8(16)5-6-3-2-4-7(12)9(6)11(13,14)15/h2-4,8H,5,16H2,1H3/t8-/m1/s1. The van der Waals surface area contributed by atoms with Gasteiger partial charge in [0.05, 0.1) is 12.7 Å². The molecule has 7 heteroatoms. The molecule has 1 rings (SSSR count). The Bertz CT molecular complexity index is 445. The van der Waals surface area contributed by atoms with Crippen LogP contribution in [0.15, 0.2) is 18.2 Å². The third-order valence-corrected chi connectivity index (χ3v) is 2.33. The summed E-state index contributed by atoms with van der Waals surface area (Å²) in [4.78, 5) is 11.0. The van der Waals surface area contributed by atoms with E-state index >= 15 is 0 Å². The highest BCUT2D eigenvalue weighted by Crippen LogP contribution is 2.34. The van der Waals surface area contributed by atoms with Crippen molar-refractivity contribution in [1.82, 2.24) is 0 Å². The zero-order valence-corrected chi connectivity index (χ0v) is 9.42. The van der Waals surface area contributed by atoms with Gasteiger partial charge < -0.3 is 10.5 Å². The minimum absolute atomic E-state index is 0.375. The zero-order chi connectivity index (χ0) is 13.9. The van der Waals surface area contributed by atoms with Crippen LogP contribution in [0.25, 0.3) is 0 Å². The van der Waals surface area contributed by atoms with Crippen LogP contribution in [0, 0.1) is 5.82 Å². The van der Waals surface area contributed by atoms with Crippen LogP contribution in [-0.4, -0.2) is 19.1 Å². The first-order valence-corrected chi connectivity index (χ1v) is 4.95. The molecule has 0 unspecified atom stereocenters. The SMILES string of the molecule is COC(=O)[C@H](N)Cc1cccc(F)c1C(F)(F)F. The number of carbonyl (C=O) groups is 1. The van der Waals surface area contributed by atoms with Crippen LogP contribution in [0.3, 0.4) is 0 Å². The predicted molar refractivity (Wildman–Crippen MR) is 55.1 cm³/mol. The van der Waals surface area contributed by atoms with Crippen molar-refractivity contribution in [2.75, 3.05) is 7.11 Å². The van der Waals surface area contributed by atoms with Crippen LogP contribution in [-0.2, 0) is 22.1 Å². The smallest absolute Gasteiger partial charge is 0.419 e. The molecule has 1 aromatic rings. The molecule has 0 aliphatic rings. The summed E-state index contributed by atoms with van der Waals surface area (Å²) in [6.07, 6.45) is -5.28. The third-order valence-electron chi connectivity index (χ3n) is 2.33. The summed E-state index contributed by atoms with van der Waals surface area (Å²) in [6, 6.07) is 1.65. The molecule has 0 amide bonds. The second-order valence-corrected chi connectivity index (χ2v) is 3.61. The second kappa shape index (κ2) is 5.34. The Hall–Kier alpha value is -1.63. The summed E-state index contributed by atoms with van der Waals surface area (Å²) in [5, 5.41) is 0. The highest BCUT2D eigenvalue weighted by Gasteiger charge is 2.37. The molecule has 0 saturated carbocycles. The molecular formula is C11H11F4NO2. The van der Waals surface area contributed by atoms with Gasteiger partial charge in [-0.25, -0.2) is 4.39 Å². The molecule has 0 saturated heterocycles. The number of benzene rings is 1. The van der Waals surface area contributed by atoms with E-state index in [-0.39, 0.29) is 5.56 Å². The lowest BCUT2D eigenvalue weighted by atomic mass is 9.99. The van der Waals surface area contributed by atoms with Crippen LogP contribution in [0.1, 0.15) is 11.1 Å². The van der Waals surface area contributed by atoms with E-state index in [9.17, 15) is 22.4 Å². The Morgan fingerprint density at radius 2 is 2.06 bits per heavy atom. The molecule has 3 nitrogen and oxygen atoms in total. The fourth-order valence-corrected chi connectivity index (χ4v) is 1.53. The molecule has 0 aliphatic carbocycles. The van der Waals surface area contributed by atoms with E-state index in [2.05, 4.69) is 4.74 Å². The monoisotopic (exact) mass is 265 g/mol. The normalized spacial score (nSPS) is 13.2. The van der Waals surface area contributed by atoms with Crippen molar-refractivity contribution in [2.45, 2.75) is 18.6 Å². The van der Waals surface area contributed by atoms with Gasteiger partial charge in [0.1, 0.15) is 11.9 Å². The van der Waals surface area contributed by atoms with Crippen molar-refractivity contribution in [3.05, 3.63) is 35.1 Å². The summed E-state index contributed by atoms with van der Waals surface area (Å²) in [5.74, 6) is -2.25. The van der Waals surface area contributed by atoms with Crippen molar-refractivity contribution in [1.29, 1.82) is 0 Å². The quantitative estimate of drug-likeness (QED) is 0.670. The minimum atomic E-state index is -4.84. The summed E-state index contributed by atoms with van der Waals surface area (Å²) in [7, 11) is 1.07. The lowest BCUT2D eigenvalue weighted by Gasteiger charge is -2.15. The van der Waals surface area contributed by atoms with Gasteiger partial charge >= 0.3 is 12.1 Å².